The fourth-order valence-corrected chi connectivity index (χ4v) is 13.4. The molecule has 95 heavy (non-hydrogen) atoms. The normalized spacial score (nSPS) is 49.1. The Morgan fingerprint density at radius 3 is 0.905 bits per heavy atom. The predicted octanol–water partition coefficient (Wildman–Crippen LogP) is -16.7. The highest BCUT2D eigenvalue weighted by molar-refractivity contribution is 5.06. The first kappa shape index (κ1) is 74.5. The van der Waals surface area contributed by atoms with Crippen molar-refractivity contribution in [2.45, 2.75) is 278 Å². The lowest BCUT2D eigenvalue weighted by atomic mass is 9.84. The van der Waals surface area contributed by atoms with Gasteiger partial charge in [-0.2, -0.15) is 0 Å². The number of nitrogens with two attached hydrogens (primary N) is 12. The SMILES string of the molecule is NCC1O[C@H](OC2C(N)C[C@@H](N)C(O)[C@H]2O[C@@H]2O[C@H](Cn3cc(CCCc4cn(C[C@H]5O[C@@H](O[C@H]6C(O[C@H]7OC(CN)C(O)[C@H](O)C7N)C(N)C[C@@H](N)C6O)C(O)C5O[C@H]5O[C@@H](CN)C(O)C(O)C5N)nn4)nn3)C(O[C@H]3O[C@@H](CN)C(O)C(O)C3N)C2O)C(N)[C@@H](O)C1O. The Bertz CT molecular complexity index is 2540. The molecule has 544 valence electrons. The number of rotatable bonds is 24. The van der Waals surface area contributed by atoms with Gasteiger partial charge in [0.25, 0.3) is 0 Å². The smallest absolute Gasteiger partial charge is 0.187 e. The number of aliphatic hydroxyl groups excluding tert-OH is 12. The number of aliphatic hydroxyl groups is 12. The maximum absolute atomic E-state index is 12.0. The summed E-state index contributed by atoms with van der Waals surface area (Å²) in [6.07, 6.45) is -38.3. The second-order valence-electron chi connectivity index (χ2n) is 25.8. The average Bonchev–Trinajstić information content (AvgIpc) is 1.72. The molecule has 6 saturated heterocycles. The molecule has 42 nitrogen and oxygen atoms in total. The quantitative estimate of drug-likeness (QED) is 0.0464. The van der Waals surface area contributed by atoms with E-state index in [1.807, 2.05) is 0 Å². The Morgan fingerprint density at radius 2 is 0.611 bits per heavy atom. The van der Waals surface area contributed by atoms with Crippen LogP contribution in [0.1, 0.15) is 30.7 Å². The molecule has 0 aromatic carbocycles. The van der Waals surface area contributed by atoms with E-state index in [1.54, 1.807) is 12.4 Å². The van der Waals surface area contributed by atoms with Gasteiger partial charge in [0.15, 0.2) is 37.7 Å². The van der Waals surface area contributed by atoms with Crippen LogP contribution in [-0.2, 0) is 82.8 Å². The van der Waals surface area contributed by atoms with Gasteiger partial charge in [-0.15, -0.1) is 10.2 Å². The minimum Gasteiger partial charge on any atom is -0.389 e. The third-order valence-electron chi connectivity index (χ3n) is 19.2. The molecule has 42 heteroatoms. The molecule has 38 atom stereocenters. The van der Waals surface area contributed by atoms with Gasteiger partial charge >= 0.3 is 0 Å². The van der Waals surface area contributed by atoms with Crippen LogP contribution in [0.2, 0.25) is 0 Å². The molecular weight excluding hydrogens is 1270 g/mol. The maximum Gasteiger partial charge on any atom is 0.187 e. The van der Waals surface area contributed by atoms with E-state index < -0.39 is 233 Å². The van der Waals surface area contributed by atoms with Gasteiger partial charge in [-0.05, 0) is 32.1 Å². The van der Waals surface area contributed by atoms with E-state index in [-0.39, 0.29) is 52.1 Å². The molecule has 2 saturated carbocycles. The summed E-state index contributed by atoms with van der Waals surface area (Å²) in [5.74, 6) is 0. The maximum atomic E-state index is 12.0. The van der Waals surface area contributed by atoms with Crippen LogP contribution in [0.3, 0.4) is 0 Å². The molecule has 2 aromatic rings. The first-order chi connectivity index (χ1) is 45.2. The molecule has 8 fully saturated rings. The van der Waals surface area contributed by atoms with Crippen LogP contribution in [0.15, 0.2) is 12.4 Å². The Kier molecular flexibility index (Phi) is 24.9. The largest absolute Gasteiger partial charge is 0.389 e. The van der Waals surface area contributed by atoms with Crippen molar-refractivity contribution in [2.24, 2.45) is 68.8 Å². The summed E-state index contributed by atoms with van der Waals surface area (Å²) in [6, 6.07) is -9.20. The van der Waals surface area contributed by atoms with Crippen molar-refractivity contribution < 1.29 is 118 Å². The Hall–Kier alpha value is -3.16. The monoisotopic (exact) mass is 1370 g/mol. The topological polar surface area (TPSA) is 727 Å². The summed E-state index contributed by atoms with van der Waals surface area (Å²) < 4.78 is 76.4. The summed E-state index contributed by atoms with van der Waals surface area (Å²) in [4.78, 5) is 0. The third-order valence-corrected chi connectivity index (χ3v) is 19.2. The second-order valence-corrected chi connectivity index (χ2v) is 25.8. The molecule has 0 amide bonds. The van der Waals surface area contributed by atoms with Gasteiger partial charge in [-0.25, -0.2) is 9.36 Å². The first-order valence-corrected chi connectivity index (χ1v) is 31.8. The lowest BCUT2D eigenvalue weighted by Crippen LogP contribution is -2.68. The highest BCUT2D eigenvalue weighted by atomic mass is 16.8. The van der Waals surface area contributed by atoms with Gasteiger partial charge < -0.3 is 187 Å². The first-order valence-electron chi connectivity index (χ1n) is 31.8. The molecular formula is C53H98N18O24. The van der Waals surface area contributed by atoms with Crippen molar-refractivity contribution in [1.82, 2.24) is 30.0 Å². The Morgan fingerprint density at radius 1 is 0.337 bits per heavy atom. The van der Waals surface area contributed by atoms with E-state index in [1.165, 1.54) is 9.36 Å². The molecule has 6 aliphatic heterocycles. The van der Waals surface area contributed by atoms with Crippen LogP contribution in [0.4, 0.5) is 0 Å². The van der Waals surface area contributed by atoms with Crippen LogP contribution < -0.4 is 68.8 Å². The van der Waals surface area contributed by atoms with Gasteiger partial charge in [0, 0.05) is 62.7 Å². The third kappa shape index (κ3) is 15.8. The van der Waals surface area contributed by atoms with Gasteiger partial charge in [-0.3, -0.25) is 0 Å². The van der Waals surface area contributed by atoms with Crippen molar-refractivity contribution in [2.75, 3.05) is 26.2 Å². The molecule has 8 aliphatic rings. The highest BCUT2D eigenvalue weighted by Crippen LogP contribution is 2.38. The van der Waals surface area contributed by atoms with Crippen molar-refractivity contribution in [3.63, 3.8) is 0 Å². The van der Waals surface area contributed by atoms with E-state index in [9.17, 15) is 61.3 Å². The van der Waals surface area contributed by atoms with Gasteiger partial charge in [0.1, 0.15) is 134 Å². The lowest BCUT2D eigenvalue weighted by Gasteiger charge is -2.47. The zero-order valence-corrected chi connectivity index (χ0v) is 51.7. The van der Waals surface area contributed by atoms with Gasteiger partial charge in [-0.1, -0.05) is 10.4 Å². The second kappa shape index (κ2) is 31.8. The van der Waals surface area contributed by atoms with Crippen LogP contribution in [0.5, 0.6) is 0 Å². The molecule has 0 radical (unpaired) electrons. The number of hydrogen-bond acceptors (Lipinski definition) is 40. The average molecular weight is 1370 g/mol. The number of hydrogen-bond donors (Lipinski definition) is 24. The lowest BCUT2D eigenvalue weighted by molar-refractivity contribution is -0.306. The minimum absolute atomic E-state index is 0.0133. The van der Waals surface area contributed by atoms with E-state index in [0.717, 1.165) is 0 Å². The number of aryl methyl sites for hydroxylation is 2. The zero-order chi connectivity index (χ0) is 68.8. The zero-order valence-electron chi connectivity index (χ0n) is 51.7. The van der Waals surface area contributed by atoms with Crippen LogP contribution in [-0.4, -0.2) is 350 Å². The highest BCUT2D eigenvalue weighted by Gasteiger charge is 2.58. The molecule has 0 bridgehead atoms. The number of aromatic nitrogens is 6. The molecule has 0 spiro atoms. The molecule has 8 heterocycles. The summed E-state index contributed by atoms with van der Waals surface area (Å²) in [7, 11) is 0. The van der Waals surface area contributed by atoms with Crippen molar-refractivity contribution in [1.29, 1.82) is 0 Å². The fourth-order valence-electron chi connectivity index (χ4n) is 13.4. The van der Waals surface area contributed by atoms with E-state index in [4.69, 9.17) is 126 Å². The Balaban J connectivity index is 0.812. The van der Waals surface area contributed by atoms with Crippen LogP contribution in [0, 0.1) is 0 Å². The van der Waals surface area contributed by atoms with E-state index >= 15 is 0 Å². The van der Waals surface area contributed by atoms with Crippen molar-refractivity contribution >= 4 is 0 Å². The number of ether oxygens (including phenoxy) is 12. The van der Waals surface area contributed by atoms with Crippen molar-refractivity contribution in [3.8, 4) is 0 Å². The minimum atomic E-state index is -1.72. The molecule has 22 unspecified atom stereocenters. The molecule has 2 aromatic heterocycles. The molecule has 36 N–H and O–H groups in total. The fraction of sp³-hybridized carbons (Fsp3) is 0.925. The predicted molar refractivity (Wildman–Crippen MR) is 315 cm³/mol. The van der Waals surface area contributed by atoms with E-state index in [0.29, 0.717) is 30.7 Å². The van der Waals surface area contributed by atoms with E-state index in [2.05, 4.69) is 20.6 Å². The molecule has 2 aliphatic carbocycles. The summed E-state index contributed by atoms with van der Waals surface area (Å²) >= 11 is 0. The van der Waals surface area contributed by atoms with Crippen LogP contribution >= 0.6 is 0 Å². The van der Waals surface area contributed by atoms with Crippen molar-refractivity contribution in [3.05, 3.63) is 23.8 Å². The summed E-state index contributed by atoms with van der Waals surface area (Å²) in [5.41, 5.74) is 75.1. The van der Waals surface area contributed by atoms with Gasteiger partial charge in [0.05, 0.1) is 60.9 Å². The summed E-state index contributed by atoms with van der Waals surface area (Å²) in [6.45, 7) is -1.28. The Labute approximate surface area is 543 Å². The molecule has 10 rings (SSSR count). The standard InChI is InChI=1S/C53H98N18O24/c54-6-20-32(74)36(78)26(62)48(84-20)90-42-18(60)4-16(58)30(72)46(42)94-52-40(82)44(92-50-28(64)38(80)34(76)22(8-56)86-50)24(88-52)12-70-10-14(66-68-70)2-1-3-15-11-71(69-67-15)13-25-45(93-51-29(65)39(81)35(77)23(9-57)87-51)41(83)53(89-25)95-47-31(73)17(59)5-19(61)43(47)91-49-27(63)37(79)33(75)21(7-55)85-49/h10-11,16-53,72-83H,1-9,12-13,54-65H2/t16-,17-,18?,19?,20?,21?,22+,23+,24-,25-,26?,27?,28?,29?,30?,31?,32?,33?,34?,35?,36-,37-,38?,39?,40?,41?,42?,43?,44?,45?,46-,47-,48-,49-,50-,51-,52+,53+/m1/s1. The number of nitrogens with zero attached hydrogens (tertiary/aromatic N) is 6. The summed E-state index contributed by atoms with van der Waals surface area (Å²) in [5, 5.41) is 150. The van der Waals surface area contributed by atoms with Gasteiger partial charge in [0.2, 0.25) is 0 Å². The van der Waals surface area contributed by atoms with Crippen LogP contribution in [0.25, 0.3) is 0 Å².